The SMILES string of the molecule is CNC(=O)/C(B1Nc2cccc3cccc(c23)N1)=C(\B1OC(C)(C)C(C)(C)O1)c1ccccc1C. The molecule has 0 unspecified atom stereocenters. The van der Waals surface area contributed by atoms with Gasteiger partial charge in [0.25, 0.3) is 0 Å². The number of likely N-dealkylation sites (N-methyl/N-ethyl adjacent to an activating group) is 1. The van der Waals surface area contributed by atoms with Gasteiger partial charge in [-0.25, -0.2) is 0 Å². The largest absolute Gasteiger partial charge is 0.495 e. The molecule has 1 amide bonds. The molecule has 0 spiro atoms. The topological polar surface area (TPSA) is 71.6 Å². The van der Waals surface area contributed by atoms with Crippen LogP contribution < -0.4 is 15.8 Å². The van der Waals surface area contributed by atoms with Gasteiger partial charge in [0.1, 0.15) is 0 Å². The first-order valence-corrected chi connectivity index (χ1v) is 12.1. The summed E-state index contributed by atoms with van der Waals surface area (Å²) < 4.78 is 13.0. The highest BCUT2D eigenvalue weighted by Crippen LogP contribution is 2.43. The summed E-state index contributed by atoms with van der Waals surface area (Å²) in [5.41, 5.74) is 4.06. The van der Waals surface area contributed by atoms with E-state index >= 15 is 0 Å². The van der Waals surface area contributed by atoms with E-state index in [0.29, 0.717) is 5.47 Å². The maximum absolute atomic E-state index is 13.6. The predicted molar refractivity (Wildman–Crippen MR) is 145 cm³/mol. The maximum Gasteiger partial charge on any atom is 0.495 e. The molecule has 0 bridgehead atoms. The van der Waals surface area contributed by atoms with Gasteiger partial charge in [0.2, 0.25) is 5.91 Å². The van der Waals surface area contributed by atoms with Crippen LogP contribution in [0.1, 0.15) is 38.8 Å². The molecule has 0 saturated carbocycles. The number of hydrogen-bond donors (Lipinski definition) is 3. The molecule has 2 aliphatic heterocycles. The smallest absolute Gasteiger partial charge is 0.405 e. The molecule has 2 heterocycles. The third kappa shape index (κ3) is 3.91. The summed E-state index contributed by atoms with van der Waals surface area (Å²) in [7, 11) is 0.935. The van der Waals surface area contributed by atoms with Gasteiger partial charge in [-0.05, 0) is 68.7 Å². The third-order valence-corrected chi connectivity index (χ3v) is 7.48. The molecule has 8 heteroatoms. The van der Waals surface area contributed by atoms with Crippen LogP contribution in [0, 0.1) is 6.92 Å². The van der Waals surface area contributed by atoms with Gasteiger partial charge < -0.3 is 25.1 Å². The minimum absolute atomic E-state index is 0.200. The lowest BCUT2D eigenvalue weighted by Crippen LogP contribution is -2.46. The molecule has 178 valence electrons. The second-order valence-corrected chi connectivity index (χ2v) is 10.2. The summed E-state index contributed by atoms with van der Waals surface area (Å²) >= 11 is 0. The Kier molecular flexibility index (Phi) is 5.69. The van der Waals surface area contributed by atoms with Crippen LogP contribution in [0.4, 0.5) is 11.4 Å². The van der Waals surface area contributed by atoms with Crippen molar-refractivity contribution in [3.8, 4) is 0 Å². The molecule has 0 aliphatic carbocycles. The number of hydrogen-bond acceptors (Lipinski definition) is 5. The van der Waals surface area contributed by atoms with Crippen LogP contribution in [-0.4, -0.2) is 38.3 Å². The van der Waals surface area contributed by atoms with Gasteiger partial charge in [-0.2, -0.15) is 0 Å². The van der Waals surface area contributed by atoms with Crippen LogP contribution in [0.3, 0.4) is 0 Å². The van der Waals surface area contributed by atoms with Crippen molar-refractivity contribution in [1.29, 1.82) is 0 Å². The van der Waals surface area contributed by atoms with Crippen LogP contribution in [0.5, 0.6) is 0 Å². The lowest BCUT2D eigenvalue weighted by atomic mass is 9.55. The van der Waals surface area contributed by atoms with Gasteiger partial charge in [0.15, 0.2) is 0 Å². The van der Waals surface area contributed by atoms with Gasteiger partial charge in [-0.1, -0.05) is 48.5 Å². The molecule has 1 fully saturated rings. The second-order valence-electron chi connectivity index (χ2n) is 10.2. The van der Waals surface area contributed by atoms with Crippen molar-refractivity contribution < 1.29 is 14.1 Å². The van der Waals surface area contributed by atoms with Crippen LogP contribution >= 0.6 is 0 Å². The highest BCUT2D eigenvalue weighted by molar-refractivity contribution is 6.85. The van der Waals surface area contributed by atoms with E-state index in [1.807, 2.05) is 83.1 Å². The molecule has 0 radical (unpaired) electrons. The van der Waals surface area contributed by atoms with Crippen molar-refractivity contribution in [2.45, 2.75) is 45.8 Å². The molecule has 1 saturated heterocycles. The van der Waals surface area contributed by atoms with E-state index in [4.69, 9.17) is 9.31 Å². The zero-order valence-electron chi connectivity index (χ0n) is 21.2. The molecule has 0 atom stereocenters. The Morgan fingerprint density at radius 3 is 1.97 bits per heavy atom. The van der Waals surface area contributed by atoms with Crippen molar-refractivity contribution in [3.05, 3.63) is 77.3 Å². The minimum Gasteiger partial charge on any atom is -0.405 e. The molecular weight excluding hydrogens is 436 g/mol. The van der Waals surface area contributed by atoms with Crippen LogP contribution in [0.2, 0.25) is 0 Å². The standard InChI is InChI=1S/C27H31B2N3O3/c1-17-11-7-8-14-19(17)23(29-34-26(2,3)27(4,5)35-29)24(25(33)30-6)28-31-20-15-9-12-18-13-10-16-21(32-28)22(18)20/h7-16,31-32H,1-6H3,(H,30,33)/b24-23+. The number of rotatable bonds is 4. The quantitative estimate of drug-likeness (QED) is 0.379. The first kappa shape index (κ1) is 23.5. The Labute approximate surface area is 207 Å². The zero-order chi connectivity index (χ0) is 25.0. The molecule has 6 nitrogen and oxygen atoms in total. The number of benzene rings is 3. The van der Waals surface area contributed by atoms with Crippen molar-refractivity contribution >= 4 is 47.6 Å². The van der Waals surface area contributed by atoms with Crippen molar-refractivity contribution in [1.82, 2.24) is 5.32 Å². The fourth-order valence-electron chi connectivity index (χ4n) is 4.85. The lowest BCUT2D eigenvalue weighted by molar-refractivity contribution is -0.116. The van der Waals surface area contributed by atoms with E-state index in [0.717, 1.165) is 38.7 Å². The van der Waals surface area contributed by atoms with Gasteiger partial charge in [-0.15, -0.1) is 0 Å². The predicted octanol–water partition coefficient (Wildman–Crippen LogP) is 4.84. The lowest BCUT2D eigenvalue weighted by Gasteiger charge is -2.32. The van der Waals surface area contributed by atoms with Crippen LogP contribution in [-0.2, 0) is 14.1 Å². The van der Waals surface area contributed by atoms with E-state index in [1.54, 1.807) is 7.05 Å². The Hall–Kier alpha value is -3.22. The van der Waals surface area contributed by atoms with Crippen LogP contribution in [0.15, 0.2) is 66.1 Å². The fraction of sp³-hybridized carbons (Fsp3) is 0.296. The number of aryl methyl sites for hydroxylation is 1. The molecule has 0 aromatic heterocycles. The summed E-state index contributed by atoms with van der Waals surface area (Å²) in [4.78, 5) is 13.6. The van der Waals surface area contributed by atoms with Crippen molar-refractivity contribution in [3.63, 3.8) is 0 Å². The molecule has 35 heavy (non-hydrogen) atoms. The molecule has 3 N–H and O–H groups in total. The average Bonchev–Trinajstić information content (AvgIpc) is 3.04. The first-order chi connectivity index (χ1) is 16.6. The zero-order valence-corrected chi connectivity index (χ0v) is 21.2. The van der Waals surface area contributed by atoms with Gasteiger partial charge >= 0.3 is 14.1 Å². The van der Waals surface area contributed by atoms with Gasteiger partial charge in [0.05, 0.1) is 11.2 Å². The molecule has 2 aliphatic rings. The van der Waals surface area contributed by atoms with Crippen molar-refractivity contribution in [2.24, 2.45) is 0 Å². The van der Waals surface area contributed by atoms with E-state index in [2.05, 4.69) is 27.9 Å². The fourth-order valence-corrected chi connectivity index (χ4v) is 4.85. The molecule has 3 aromatic rings. The van der Waals surface area contributed by atoms with Gasteiger partial charge in [0, 0.05) is 29.3 Å². The minimum atomic E-state index is -0.718. The Morgan fingerprint density at radius 1 is 0.857 bits per heavy atom. The highest BCUT2D eigenvalue weighted by atomic mass is 16.7. The molecule has 5 rings (SSSR count). The van der Waals surface area contributed by atoms with Crippen molar-refractivity contribution in [2.75, 3.05) is 17.5 Å². The first-order valence-electron chi connectivity index (χ1n) is 12.1. The molecule has 3 aromatic carbocycles. The number of nitrogens with one attached hydrogen (secondary N) is 3. The number of carbonyl (C=O) groups is 1. The second kappa shape index (κ2) is 8.47. The summed E-state index contributed by atoms with van der Waals surface area (Å²) in [6, 6.07) is 20.4. The van der Waals surface area contributed by atoms with Crippen LogP contribution in [0.25, 0.3) is 16.2 Å². The Balaban J connectivity index is 1.72. The van der Waals surface area contributed by atoms with E-state index in [-0.39, 0.29) is 5.91 Å². The normalized spacial score (nSPS) is 18.6. The Bertz CT molecular complexity index is 1300. The summed E-state index contributed by atoms with van der Waals surface area (Å²) in [5, 5.41) is 12.2. The van der Waals surface area contributed by atoms with E-state index < -0.39 is 25.3 Å². The molecular formula is C27H31B2N3O3. The van der Waals surface area contributed by atoms with Gasteiger partial charge in [-0.3, -0.25) is 4.79 Å². The number of anilines is 2. The maximum atomic E-state index is 13.6. The third-order valence-electron chi connectivity index (χ3n) is 7.48. The Morgan fingerprint density at radius 2 is 1.43 bits per heavy atom. The van der Waals surface area contributed by atoms with E-state index in [1.165, 1.54) is 0 Å². The average molecular weight is 467 g/mol. The van der Waals surface area contributed by atoms with E-state index in [9.17, 15) is 4.79 Å². The highest BCUT2D eigenvalue weighted by Gasteiger charge is 2.54. The monoisotopic (exact) mass is 467 g/mol. The summed E-state index contributed by atoms with van der Waals surface area (Å²) in [6.07, 6.45) is 0. The summed E-state index contributed by atoms with van der Waals surface area (Å²) in [5.74, 6) is -0.200. The summed E-state index contributed by atoms with van der Waals surface area (Å²) in [6.45, 7) is 9.64. The number of amides is 1. The number of carbonyl (C=O) groups excluding carboxylic acids is 1.